The second-order valence-electron chi connectivity index (χ2n) is 4.12. The van der Waals surface area contributed by atoms with Crippen LogP contribution < -0.4 is 14.8 Å². The molecule has 21 heavy (non-hydrogen) atoms. The highest BCUT2D eigenvalue weighted by molar-refractivity contribution is 5.97. The van der Waals surface area contributed by atoms with E-state index in [1.54, 1.807) is 25.3 Å². The summed E-state index contributed by atoms with van der Waals surface area (Å²) in [4.78, 5) is 12.2. The van der Waals surface area contributed by atoms with E-state index in [1.165, 1.54) is 7.11 Å². The highest BCUT2D eigenvalue weighted by Crippen LogP contribution is 2.23. The third-order valence-corrected chi connectivity index (χ3v) is 2.79. The van der Waals surface area contributed by atoms with Gasteiger partial charge in [0.25, 0.3) is 5.91 Å². The zero-order valence-corrected chi connectivity index (χ0v) is 13.0. The number of hydrogen-bond acceptors (Lipinski definition) is 5. The molecule has 1 rings (SSSR count). The van der Waals surface area contributed by atoms with E-state index in [-0.39, 0.29) is 12.5 Å². The molecule has 118 valence electrons. The van der Waals surface area contributed by atoms with Gasteiger partial charge in [-0.05, 0) is 32.0 Å². The molecule has 0 unspecified atom stereocenters. The van der Waals surface area contributed by atoms with Gasteiger partial charge >= 0.3 is 0 Å². The summed E-state index contributed by atoms with van der Waals surface area (Å²) in [6.45, 7) is 5.05. The van der Waals surface area contributed by atoms with Crippen LogP contribution in [-0.4, -0.2) is 46.2 Å². The number of hydrogen-bond donors (Lipinski definition) is 1. The molecule has 0 fully saturated rings. The van der Waals surface area contributed by atoms with E-state index in [0.29, 0.717) is 30.3 Å². The van der Waals surface area contributed by atoms with Crippen LogP contribution in [0.1, 0.15) is 24.2 Å². The Morgan fingerprint density at radius 2 is 1.81 bits per heavy atom. The highest BCUT2D eigenvalue weighted by Gasteiger charge is 2.16. The van der Waals surface area contributed by atoms with E-state index in [9.17, 15) is 4.79 Å². The SMILES string of the molecule is CCOC(CNC(=O)c1cc(OC)ccc1OC)OCC. The molecule has 1 N–H and O–H groups in total. The van der Waals surface area contributed by atoms with Crippen LogP contribution in [0, 0.1) is 0 Å². The monoisotopic (exact) mass is 297 g/mol. The first kappa shape index (κ1) is 17.3. The van der Waals surface area contributed by atoms with Crippen molar-refractivity contribution in [2.24, 2.45) is 0 Å². The van der Waals surface area contributed by atoms with Crippen molar-refractivity contribution in [3.63, 3.8) is 0 Å². The van der Waals surface area contributed by atoms with Gasteiger partial charge in [-0.3, -0.25) is 4.79 Å². The lowest BCUT2D eigenvalue weighted by molar-refractivity contribution is -0.131. The van der Waals surface area contributed by atoms with Crippen LogP contribution in [0.25, 0.3) is 0 Å². The van der Waals surface area contributed by atoms with Crippen molar-refractivity contribution in [2.45, 2.75) is 20.1 Å². The summed E-state index contributed by atoms with van der Waals surface area (Å²) >= 11 is 0. The predicted octanol–water partition coefficient (Wildman–Crippen LogP) is 1.83. The Morgan fingerprint density at radius 1 is 1.14 bits per heavy atom. The van der Waals surface area contributed by atoms with Crippen molar-refractivity contribution in [2.75, 3.05) is 34.0 Å². The summed E-state index contributed by atoms with van der Waals surface area (Å²) < 4.78 is 21.1. The van der Waals surface area contributed by atoms with Gasteiger partial charge in [-0.1, -0.05) is 0 Å². The molecule has 0 aliphatic carbocycles. The van der Waals surface area contributed by atoms with Crippen LogP contribution in [0.4, 0.5) is 0 Å². The van der Waals surface area contributed by atoms with Gasteiger partial charge in [0, 0.05) is 13.2 Å². The van der Waals surface area contributed by atoms with Gasteiger partial charge in [0.15, 0.2) is 6.29 Å². The van der Waals surface area contributed by atoms with E-state index in [2.05, 4.69) is 5.32 Å². The molecule has 0 aliphatic rings. The van der Waals surface area contributed by atoms with E-state index >= 15 is 0 Å². The molecule has 0 radical (unpaired) electrons. The first-order valence-electron chi connectivity index (χ1n) is 6.89. The van der Waals surface area contributed by atoms with Gasteiger partial charge in [-0.25, -0.2) is 0 Å². The molecule has 1 amide bonds. The Kier molecular flexibility index (Phi) is 7.56. The molecular weight excluding hydrogens is 274 g/mol. The smallest absolute Gasteiger partial charge is 0.255 e. The number of carbonyl (C=O) groups excluding carboxylic acids is 1. The second-order valence-corrected chi connectivity index (χ2v) is 4.12. The molecule has 0 aromatic heterocycles. The number of nitrogens with one attached hydrogen (secondary N) is 1. The average Bonchev–Trinajstić information content (AvgIpc) is 2.52. The molecule has 0 saturated heterocycles. The predicted molar refractivity (Wildman–Crippen MR) is 78.9 cm³/mol. The van der Waals surface area contributed by atoms with E-state index in [0.717, 1.165) is 0 Å². The van der Waals surface area contributed by atoms with Crippen LogP contribution in [0.5, 0.6) is 11.5 Å². The standard InChI is InChI=1S/C15H23NO5/c1-5-20-14(21-6-2)10-16-15(17)12-9-11(18-3)7-8-13(12)19-4/h7-9,14H,5-6,10H2,1-4H3,(H,16,17). The van der Waals surface area contributed by atoms with Crippen LogP contribution >= 0.6 is 0 Å². The number of benzene rings is 1. The third-order valence-electron chi connectivity index (χ3n) is 2.79. The molecule has 0 atom stereocenters. The molecule has 6 heteroatoms. The van der Waals surface area contributed by atoms with Crippen molar-refractivity contribution in [1.82, 2.24) is 5.32 Å². The summed E-state index contributed by atoms with van der Waals surface area (Å²) in [5, 5.41) is 2.77. The van der Waals surface area contributed by atoms with E-state index in [1.807, 2.05) is 13.8 Å². The maximum Gasteiger partial charge on any atom is 0.255 e. The fourth-order valence-corrected chi connectivity index (χ4v) is 1.80. The molecule has 0 heterocycles. The van der Waals surface area contributed by atoms with Crippen LogP contribution in [0.15, 0.2) is 18.2 Å². The lowest BCUT2D eigenvalue weighted by Gasteiger charge is -2.18. The lowest BCUT2D eigenvalue weighted by atomic mass is 10.1. The first-order valence-corrected chi connectivity index (χ1v) is 6.89. The third kappa shape index (κ3) is 5.24. The minimum absolute atomic E-state index is 0.265. The Morgan fingerprint density at radius 3 is 2.33 bits per heavy atom. The van der Waals surface area contributed by atoms with E-state index < -0.39 is 6.29 Å². The van der Waals surface area contributed by atoms with Crippen molar-refractivity contribution in [3.05, 3.63) is 23.8 Å². The minimum Gasteiger partial charge on any atom is -0.497 e. The van der Waals surface area contributed by atoms with Crippen molar-refractivity contribution in [1.29, 1.82) is 0 Å². The van der Waals surface area contributed by atoms with Gasteiger partial charge in [0.2, 0.25) is 0 Å². The summed E-state index contributed by atoms with van der Waals surface area (Å²) in [6, 6.07) is 5.06. The fraction of sp³-hybridized carbons (Fsp3) is 0.533. The van der Waals surface area contributed by atoms with Crippen LogP contribution in [-0.2, 0) is 9.47 Å². The Balaban J connectivity index is 2.73. The van der Waals surface area contributed by atoms with Gasteiger partial charge in [-0.15, -0.1) is 0 Å². The zero-order chi connectivity index (χ0) is 15.7. The quantitative estimate of drug-likeness (QED) is 0.704. The largest absolute Gasteiger partial charge is 0.497 e. The Labute approximate surface area is 125 Å². The molecule has 1 aromatic rings. The molecule has 0 saturated carbocycles. The van der Waals surface area contributed by atoms with E-state index in [4.69, 9.17) is 18.9 Å². The summed E-state index contributed by atoms with van der Waals surface area (Å²) in [6.07, 6.45) is -0.458. The van der Waals surface area contributed by atoms with Gasteiger partial charge in [-0.2, -0.15) is 0 Å². The van der Waals surface area contributed by atoms with Crippen molar-refractivity contribution < 1.29 is 23.7 Å². The number of methoxy groups -OCH3 is 2. The minimum atomic E-state index is -0.458. The second kappa shape index (κ2) is 9.20. The molecule has 6 nitrogen and oxygen atoms in total. The van der Waals surface area contributed by atoms with Crippen LogP contribution in [0.2, 0.25) is 0 Å². The van der Waals surface area contributed by atoms with Gasteiger partial charge in [0.1, 0.15) is 11.5 Å². The number of amides is 1. The van der Waals surface area contributed by atoms with Crippen LogP contribution in [0.3, 0.4) is 0 Å². The highest BCUT2D eigenvalue weighted by atomic mass is 16.7. The molecule has 0 aliphatic heterocycles. The number of rotatable bonds is 9. The summed E-state index contributed by atoms with van der Waals surface area (Å²) in [7, 11) is 3.06. The Hall–Kier alpha value is -1.79. The topological polar surface area (TPSA) is 66.0 Å². The molecule has 1 aromatic carbocycles. The average molecular weight is 297 g/mol. The van der Waals surface area contributed by atoms with Crippen molar-refractivity contribution in [3.8, 4) is 11.5 Å². The first-order chi connectivity index (χ1) is 10.2. The van der Waals surface area contributed by atoms with Gasteiger partial charge in [0.05, 0.1) is 26.3 Å². The molecular formula is C15H23NO5. The summed E-state index contributed by atoms with van der Waals surface area (Å²) in [5.74, 6) is 0.806. The molecule has 0 spiro atoms. The fourth-order valence-electron chi connectivity index (χ4n) is 1.80. The van der Waals surface area contributed by atoms with Gasteiger partial charge < -0.3 is 24.3 Å². The maximum absolute atomic E-state index is 12.2. The number of carbonyl (C=O) groups is 1. The molecule has 0 bridgehead atoms. The normalized spacial score (nSPS) is 10.5. The summed E-state index contributed by atoms with van der Waals surface area (Å²) in [5.41, 5.74) is 0.406. The van der Waals surface area contributed by atoms with Crippen molar-refractivity contribution >= 4 is 5.91 Å². The number of ether oxygens (including phenoxy) is 4. The Bertz CT molecular complexity index is 444. The zero-order valence-electron chi connectivity index (χ0n) is 13.0. The maximum atomic E-state index is 12.2. The lowest BCUT2D eigenvalue weighted by Crippen LogP contribution is -2.35.